The largest absolute Gasteiger partial charge is 0.467 e. The second-order valence-electron chi connectivity index (χ2n) is 10.2. The van der Waals surface area contributed by atoms with Gasteiger partial charge in [0.2, 0.25) is 0 Å². The summed E-state index contributed by atoms with van der Waals surface area (Å²) in [5.74, 6) is 4.77. The number of carbonyl (C=O) groups excluding carboxylic acids is 3. The highest BCUT2D eigenvalue weighted by Gasteiger charge is 2.32. The Labute approximate surface area is 250 Å². The van der Waals surface area contributed by atoms with E-state index in [-0.39, 0.29) is 12.5 Å². The first-order valence-corrected chi connectivity index (χ1v) is 13.8. The predicted molar refractivity (Wildman–Crippen MR) is 164 cm³/mol. The lowest BCUT2D eigenvalue weighted by Gasteiger charge is -2.24. The van der Waals surface area contributed by atoms with Crippen LogP contribution in [0.3, 0.4) is 0 Å². The highest BCUT2D eigenvalue weighted by atomic mass is 16.5. The van der Waals surface area contributed by atoms with Crippen molar-refractivity contribution in [1.82, 2.24) is 10.6 Å². The zero-order chi connectivity index (χ0) is 30.3. The Bertz CT molecular complexity index is 1660. The maximum absolute atomic E-state index is 13.0. The third-order valence-electron chi connectivity index (χ3n) is 7.34. The van der Waals surface area contributed by atoms with Crippen LogP contribution in [0.2, 0.25) is 0 Å². The molecule has 0 aliphatic heterocycles. The van der Waals surface area contributed by atoms with Crippen LogP contribution < -0.4 is 16.4 Å². The summed E-state index contributed by atoms with van der Waals surface area (Å²) in [6.45, 7) is 1.72. The summed E-state index contributed by atoms with van der Waals surface area (Å²) >= 11 is 0. The number of rotatable bonds is 7. The van der Waals surface area contributed by atoms with Crippen LogP contribution in [0, 0.1) is 11.8 Å². The van der Waals surface area contributed by atoms with Crippen molar-refractivity contribution in [1.29, 1.82) is 0 Å². The molecule has 0 spiro atoms. The van der Waals surface area contributed by atoms with E-state index in [0.29, 0.717) is 16.8 Å². The number of methoxy groups -OCH3 is 1. The number of benzene rings is 4. The normalized spacial score (nSPS) is 12.9. The first kappa shape index (κ1) is 29.0. The molecule has 2 atom stereocenters. The number of nitrogen functional groups attached to an aromatic ring is 1. The fraction of sp³-hybridized carbons (Fsp3) is 0.171. The first-order chi connectivity index (χ1) is 20.8. The molecule has 0 bridgehead atoms. The predicted octanol–water partition coefficient (Wildman–Crippen LogP) is 4.87. The van der Waals surface area contributed by atoms with Crippen LogP contribution in [0.1, 0.15) is 45.5 Å². The number of alkyl carbamates (subject to hydrolysis) is 1. The number of hydrogen-bond donors (Lipinski definition) is 3. The van der Waals surface area contributed by atoms with E-state index in [4.69, 9.17) is 15.2 Å². The quantitative estimate of drug-likeness (QED) is 0.165. The van der Waals surface area contributed by atoms with Gasteiger partial charge in [-0.05, 0) is 77.7 Å². The molecule has 0 radical (unpaired) electrons. The summed E-state index contributed by atoms with van der Waals surface area (Å²) < 4.78 is 10.5. The van der Waals surface area contributed by atoms with Gasteiger partial charge in [0.25, 0.3) is 5.91 Å². The third-order valence-corrected chi connectivity index (χ3v) is 7.34. The van der Waals surface area contributed by atoms with Crippen LogP contribution in [0.15, 0.2) is 97.1 Å². The smallest absolute Gasteiger partial charge is 0.407 e. The minimum atomic E-state index is -1.15. The molecule has 1 aliphatic rings. The highest BCUT2D eigenvalue weighted by Crippen LogP contribution is 2.44. The number of hydrogen-bond acceptors (Lipinski definition) is 6. The number of esters is 1. The highest BCUT2D eigenvalue weighted by molar-refractivity contribution is 5.97. The van der Waals surface area contributed by atoms with Crippen LogP contribution in [-0.2, 0) is 14.3 Å². The molecule has 0 saturated carbocycles. The molecule has 1 aliphatic carbocycles. The monoisotopic (exact) mass is 573 g/mol. The molecule has 0 heterocycles. The molecule has 2 amide bonds. The second kappa shape index (κ2) is 13.0. The van der Waals surface area contributed by atoms with Gasteiger partial charge in [-0.3, -0.25) is 4.79 Å². The van der Waals surface area contributed by atoms with Gasteiger partial charge in [-0.15, -0.1) is 0 Å². The van der Waals surface area contributed by atoms with Gasteiger partial charge in [-0.25, -0.2) is 9.59 Å². The molecule has 0 saturated heterocycles. The lowest BCUT2D eigenvalue weighted by Crippen LogP contribution is -2.54. The van der Waals surface area contributed by atoms with E-state index in [9.17, 15) is 14.4 Å². The number of carbonyl (C=O) groups is 3. The maximum Gasteiger partial charge on any atom is 0.407 e. The van der Waals surface area contributed by atoms with Crippen molar-refractivity contribution in [2.24, 2.45) is 0 Å². The molecule has 4 aromatic rings. The molecule has 0 unspecified atom stereocenters. The molecular formula is C35H31N3O5. The summed E-state index contributed by atoms with van der Waals surface area (Å²) in [7, 11) is 1.22. The van der Waals surface area contributed by atoms with Gasteiger partial charge in [-0.2, -0.15) is 0 Å². The first-order valence-electron chi connectivity index (χ1n) is 13.8. The Hall–Kier alpha value is -5.55. The van der Waals surface area contributed by atoms with Gasteiger partial charge in [0.15, 0.2) is 0 Å². The molecule has 5 rings (SSSR count). The fourth-order valence-electron chi connectivity index (χ4n) is 5.06. The summed E-state index contributed by atoms with van der Waals surface area (Å²) in [5, 5.41) is 5.33. The number of nitrogens with one attached hydrogen (secondary N) is 2. The van der Waals surface area contributed by atoms with Crippen LogP contribution in [-0.4, -0.2) is 43.8 Å². The number of amides is 2. The number of fused-ring (bicyclic) bond motifs is 3. The Balaban J connectivity index is 1.20. The van der Waals surface area contributed by atoms with Crippen molar-refractivity contribution in [2.45, 2.75) is 24.9 Å². The minimum Gasteiger partial charge on any atom is -0.467 e. The van der Waals surface area contributed by atoms with Gasteiger partial charge in [0.05, 0.1) is 13.2 Å². The summed E-state index contributed by atoms with van der Waals surface area (Å²) in [4.78, 5) is 38.4. The summed E-state index contributed by atoms with van der Waals surface area (Å²) in [6.07, 6.45) is -0.707. The topological polar surface area (TPSA) is 120 Å². The van der Waals surface area contributed by atoms with Gasteiger partial charge in [-0.1, -0.05) is 60.4 Å². The average Bonchev–Trinajstić information content (AvgIpc) is 3.35. The number of nitrogens with two attached hydrogens (primary N) is 1. The SMILES string of the molecule is COC(=O)[C@@H](NC(=O)c1ccc(C#Cc2ccc(N)cc2)cc1)[C@@H](C)NC(=O)OCC1c2ccccc2-c2ccccc21. The maximum atomic E-state index is 13.0. The van der Waals surface area contributed by atoms with E-state index in [0.717, 1.165) is 27.8 Å². The Morgan fingerprint density at radius 3 is 1.88 bits per heavy atom. The zero-order valence-electron chi connectivity index (χ0n) is 23.8. The van der Waals surface area contributed by atoms with E-state index in [2.05, 4.69) is 34.6 Å². The Kier molecular flexibility index (Phi) is 8.73. The van der Waals surface area contributed by atoms with E-state index in [1.807, 2.05) is 48.5 Å². The van der Waals surface area contributed by atoms with Crippen LogP contribution >= 0.6 is 0 Å². The minimum absolute atomic E-state index is 0.108. The van der Waals surface area contributed by atoms with Gasteiger partial charge < -0.3 is 25.8 Å². The lowest BCUT2D eigenvalue weighted by molar-refractivity contribution is -0.143. The molecule has 8 heteroatoms. The third kappa shape index (κ3) is 6.68. The van der Waals surface area contributed by atoms with Crippen molar-refractivity contribution in [3.8, 4) is 23.0 Å². The van der Waals surface area contributed by atoms with Crippen molar-refractivity contribution in [3.63, 3.8) is 0 Å². The van der Waals surface area contributed by atoms with Crippen molar-refractivity contribution in [3.05, 3.63) is 125 Å². The van der Waals surface area contributed by atoms with Crippen molar-refractivity contribution in [2.75, 3.05) is 19.5 Å². The van der Waals surface area contributed by atoms with Crippen molar-refractivity contribution >= 4 is 23.7 Å². The summed E-state index contributed by atoms with van der Waals surface area (Å²) in [6, 6.07) is 28.0. The molecule has 0 aromatic heterocycles. The van der Waals surface area contributed by atoms with Gasteiger partial charge >= 0.3 is 12.1 Å². The van der Waals surface area contributed by atoms with E-state index in [1.54, 1.807) is 43.3 Å². The standard InChI is InChI=1S/C35H31N3O5/c1-22(37-35(41)43-21-31-29-9-5-3-7-27(29)28-8-4-6-10-30(28)31)32(34(40)42-2)38-33(39)25-17-13-23(14-18-25)11-12-24-15-19-26(36)20-16-24/h3-10,13-20,22,31-32H,21,36H2,1-2H3,(H,37,41)(H,38,39)/t22-,32+/m1/s1. The van der Waals surface area contributed by atoms with Crippen LogP contribution in [0.4, 0.5) is 10.5 Å². The fourth-order valence-corrected chi connectivity index (χ4v) is 5.06. The molecule has 8 nitrogen and oxygen atoms in total. The number of anilines is 1. The molecule has 4 aromatic carbocycles. The molecule has 43 heavy (non-hydrogen) atoms. The van der Waals surface area contributed by atoms with E-state index < -0.39 is 30.1 Å². The molecule has 0 fully saturated rings. The zero-order valence-corrected chi connectivity index (χ0v) is 23.8. The van der Waals surface area contributed by atoms with E-state index in [1.165, 1.54) is 7.11 Å². The van der Waals surface area contributed by atoms with Gasteiger partial charge in [0, 0.05) is 28.3 Å². The van der Waals surface area contributed by atoms with Crippen LogP contribution in [0.5, 0.6) is 0 Å². The molecular weight excluding hydrogens is 542 g/mol. The molecule has 216 valence electrons. The summed E-state index contributed by atoms with van der Waals surface area (Å²) in [5.41, 5.74) is 12.6. The molecule has 4 N–H and O–H groups in total. The second-order valence-corrected chi connectivity index (χ2v) is 10.2. The van der Waals surface area contributed by atoms with Crippen LogP contribution in [0.25, 0.3) is 11.1 Å². The van der Waals surface area contributed by atoms with E-state index >= 15 is 0 Å². The Morgan fingerprint density at radius 1 is 0.791 bits per heavy atom. The Morgan fingerprint density at radius 2 is 1.33 bits per heavy atom. The number of ether oxygens (including phenoxy) is 2. The lowest BCUT2D eigenvalue weighted by atomic mass is 9.98. The van der Waals surface area contributed by atoms with Gasteiger partial charge in [0.1, 0.15) is 12.6 Å². The van der Waals surface area contributed by atoms with Crippen molar-refractivity contribution < 1.29 is 23.9 Å². The average molecular weight is 574 g/mol.